The van der Waals surface area contributed by atoms with Crippen LogP contribution in [0.5, 0.6) is 0 Å². The summed E-state index contributed by atoms with van der Waals surface area (Å²) in [6, 6.07) is 9.59. The number of ether oxygens (including phenoxy) is 2. The van der Waals surface area contributed by atoms with Gasteiger partial charge in [0.1, 0.15) is 6.61 Å². The van der Waals surface area contributed by atoms with Crippen molar-refractivity contribution < 1.29 is 50.5 Å². The maximum Gasteiger partial charge on any atom is 0.437 e. The number of allylic oxidation sites excluding steroid dienone is 1. The first-order chi connectivity index (χ1) is 24.2. The number of fused-ring (bicyclic) bond motifs is 7. The number of esters is 2. The average Bonchev–Trinajstić information content (AvgIpc) is 3.04. The third kappa shape index (κ3) is 5.89. The number of aliphatic hydroxyl groups is 1. The SMILES string of the molecule is CC1(C)[C@@H](C(=O)OC(C)(C(F)(F)F)C(F)(F)F)CC[C@]2(C)[C@H]3C(O)C=C4[C@@H]5C[C@@](C)(C(=O)OCc6ccccc6)CC[C@]5(C)CC[C@@]4(C)[C@]3(C)CC[C@@H]12. The van der Waals surface area contributed by atoms with Crippen LogP contribution in [0.2, 0.25) is 0 Å². The molecule has 0 heterocycles. The zero-order chi connectivity index (χ0) is 39.4. The number of benzene rings is 1. The molecule has 5 aliphatic rings. The quantitative estimate of drug-likeness (QED) is 0.184. The highest BCUT2D eigenvalue weighted by atomic mass is 19.4. The molecule has 53 heavy (non-hydrogen) atoms. The summed E-state index contributed by atoms with van der Waals surface area (Å²) in [6.45, 7) is 14.5. The molecule has 1 unspecified atom stereocenters. The standard InChI is InChI=1S/C42H56F6O5/c1-34(2)26(32(50)53-40(8,41(43,44)45)42(46,47)48)14-16-37(5)30(34)15-17-39(7)31(37)29(49)22-27-28-23-36(4,19-18-35(28,3)20-21-38(27,39)6)33(51)52-24-25-12-10-9-11-13-25/h9-13,22,26,28-31,49H,14-21,23-24H2,1-8H3/t26-,28+,29?,30+,31-,35-,36+,37+,38-,39-/m1/s1. The highest BCUT2D eigenvalue weighted by Gasteiger charge is 2.73. The van der Waals surface area contributed by atoms with E-state index in [1.54, 1.807) is 13.8 Å². The minimum atomic E-state index is -5.85. The van der Waals surface area contributed by atoms with Crippen molar-refractivity contribution in [3.8, 4) is 0 Å². The fourth-order valence-electron chi connectivity index (χ4n) is 12.5. The van der Waals surface area contributed by atoms with Crippen LogP contribution in [0.15, 0.2) is 42.0 Å². The zero-order valence-corrected chi connectivity index (χ0v) is 32.3. The Bertz CT molecular complexity index is 1620. The molecule has 11 heteroatoms. The number of carbonyl (C=O) groups is 2. The third-order valence-corrected chi connectivity index (χ3v) is 16.2. The number of aliphatic hydroxyl groups excluding tert-OH is 1. The smallest absolute Gasteiger partial charge is 0.437 e. The molecule has 296 valence electrons. The molecule has 0 aliphatic heterocycles. The number of hydrogen-bond acceptors (Lipinski definition) is 5. The van der Waals surface area contributed by atoms with E-state index in [0.717, 1.165) is 24.8 Å². The average molecular weight is 755 g/mol. The van der Waals surface area contributed by atoms with Crippen LogP contribution in [0.1, 0.15) is 119 Å². The number of carbonyl (C=O) groups excluding carboxylic acids is 2. The lowest BCUT2D eigenvalue weighted by molar-refractivity contribution is -0.365. The maximum absolute atomic E-state index is 13.7. The van der Waals surface area contributed by atoms with Crippen molar-refractivity contribution in [1.29, 1.82) is 0 Å². The molecule has 10 atom stereocenters. The second-order valence-electron chi connectivity index (χ2n) is 19.3. The molecule has 1 aromatic rings. The summed E-state index contributed by atoms with van der Waals surface area (Å²) in [7, 11) is 0. The molecule has 0 saturated heterocycles. The van der Waals surface area contributed by atoms with Gasteiger partial charge in [-0.25, -0.2) is 0 Å². The largest absolute Gasteiger partial charge is 0.460 e. The van der Waals surface area contributed by atoms with Crippen molar-refractivity contribution in [2.45, 2.75) is 144 Å². The molecule has 0 amide bonds. The molecule has 5 aliphatic carbocycles. The fraction of sp³-hybridized carbons (Fsp3) is 0.762. The van der Waals surface area contributed by atoms with Gasteiger partial charge in [0.2, 0.25) is 0 Å². The summed E-state index contributed by atoms with van der Waals surface area (Å²) in [6.07, 6.45) is -4.85. The number of halogens is 6. The number of rotatable bonds is 5. The van der Waals surface area contributed by atoms with Crippen LogP contribution in [0, 0.1) is 56.2 Å². The van der Waals surface area contributed by atoms with Gasteiger partial charge in [0, 0.05) is 5.92 Å². The Morgan fingerprint density at radius 2 is 1.43 bits per heavy atom. The highest BCUT2D eigenvalue weighted by molar-refractivity contribution is 5.77. The molecular weight excluding hydrogens is 698 g/mol. The summed E-state index contributed by atoms with van der Waals surface area (Å²) in [4.78, 5) is 27.2. The normalized spacial score (nSPS) is 41.1. The van der Waals surface area contributed by atoms with Crippen LogP contribution in [0.25, 0.3) is 0 Å². The van der Waals surface area contributed by atoms with Crippen molar-refractivity contribution in [3.05, 3.63) is 47.5 Å². The topological polar surface area (TPSA) is 72.8 Å². The summed E-state index contributed by atoms with van der Waals surface area (Å²) in [5.74, 6) is -3.40. The van der Waals surface area contributed by atoms with Gasteiger partial charge in [0.05, 0.1) is 17.4 Å². The van der Waals surface area contributed by atoms with Gasteiger partial charge >= 0.3 is 24.3 Å². The van der Waals surface area contributed by atoms with Crippen molar-refractivity contribution >= 4 is 11.9 Å². The molecule has 5 nitrogen and oxygen atoms in total. The van der Waals surface area contributed by atoms with Crippen LogP contribution in [0.4, 0.5) is 26.3 Å². The first-order valence-corrected chi connectivity index (χ1v) is 19.2. The molecule has 4 saturated carbocycles. The Morgan fingerprint density at radius 1 is 0.830 bits per heavy atom. The fourth-order valence-corrected chi connectivity index (χ4v) is 12.5. The van der Waals surface area contributed by atoms with Gasteiger partial charge in [-0.2, -0.15) is 26.3 Å². The lowest BCUT2D eigenvalue weighted by Crippen LogP contribution is -2.67. The van der Waals surface area contributed by atoms with Crippen molar-refractivity contribution in [2.24, 2.45) is 56.2 Å². The second-order valence-corrected chi connectivity index (χ2v) is 19.3. The van der Waals surface area contributed by atoms with Gasteiger partial charge in [0.15, 0.2) is 0 Å². The van der Waals surface area contributed by atoms with E-state index < -0.39 is 57.6 Å². The van der Waals surface area contributed by atoms with Crippen molar-refractivity contribution in [3.63, 3.8) is 0 Å². The van der Waals surface area contributed by atoms with Gasteiger partial charge in [-0.1, -0.05) is 83.5 Å². The summed E-state index contributed by atoms with van der Waals surface area (Å²) in [5, 5.41) is 12.3. The Morgan fingerprint density at radius 3 is 2.04 bits per heavy atom. The lowest BCUT2D eigenvalue weighted by atomic mass is 9.33. The van der Waals surface area contributed by atoms with E-state index in [1.165, 1.54) is 5.57 Å². The molecular formula is C42H56F6O5. The van der Waals surface area contributed by atoms with Crippen LogP contribution < -0.4 is 0 Å². The van der Waals surface area contributed by atoms with Crippen LogP contribution in [-0.2, 0) is 25.7 Å². The Balaban J connectivity index is 1.29. The van der Waals surface area contributed by atoms with E-state index in [-0.39, 0.29) is 54.5 Å². The molecule has 0 radical (unpaired) electrons. The van der Waals surface area contributed by atoms with Crippen LogP contribution in [0.3, 0.4) is 0 Å². The summed E-state index contributed by atoms with van der Waals surface area (Å²) < 4.78 is 92.8. The van der Waals surface area contributed by atoms with E-state index in [0.29, 0.717) is 32.1 Å². The lowest BCUT2D eigenvalue weighted by Gasteiger charge is -2.72. The van der Waals surface area contributed by atoms with E-state index in [1.807, 2.05) is 43.3 Å². The number of alkyl halides is 6. The Kier molecular flexibility index (Phi) is 9.44. The molecule has 1 aromatic carbocycles. The molecule has 1 N–H and O–H groups in total. The molecule has 0 bridgehead atoms. The predicted octanol–water partition coefficient (Wildman–Crippen LogP) is 10.5. The van der Waals surface area contributed by atoms with Crippen molar-refractivity contribution in [1.82, 2.24) is 0 Å². The summed E-state index contributed by atoms with van der Waals surface area (Å²) >= 11 is 0. The van der Waals surface area contributed by atoms with Gasteiger partial charge in [-0.15, -0.1) is 0 Å². The molecule has 0 spiro atoms. The minimum Gasteiger partial charge on any atom is -0.460 e. The van der Waals surface area contributed by atoms with Crippen LogP contribution >= 0.6 is 0 Å². The van der Waals surface area contributed by atoms with E-state index in [9.17, 15) is 41.0 Å². The highest BCUT2D eigenvalue weighted by Crippen LogP contribution is 2.76. The molecule has 0 aromatic heterocycles. The van der Waals surface area contributed by atoms with Gasteiger partial charge in [-0.3, -0.25) is 9.59 Å². The van der Waals surface area contributed by atoms with E-state index in [4.69, 9.17) is 4.74 Å². The molecule has 4 fully saturated rings. The zero-order valence-electron chi connectivity index (χ0n) is 32.3. The molecule has 6 rings (SSSR count). The first-order valence-electron chi connectivity index (χ1n) is 19.2. The maximum atomic E-state index is 13.7. The number of hydrogen-bond donors (Lipinski definition) is 1. The third-order valence-electron chi connectivity index (χ3n) is 16.2. The predicted molar refractivity (Wildman–Crippen MR) is 187 cm³/mol. The van der Waals surface area contributed by atoms with E-state index in [2.05, 4.69) is 32.4 Å². The van der Waals surface area contributed by atoms with E-state index >= 15 is 0 Å². The second kappa shape index (κ2) is 12.5. The monoisotopic (exact) mass is 754 g/mol. The van der Waals surface area contributed by atoms with Gasteiger partial charge < -0.3 is 14.6 Å². The van der Waals surface area contributed by atoms with Gasteiger partial charge in [0.25, 0.3) is 5.60 Å². The summed E-state index contributed by atoms with van der Waals surface area (Å²) in [5.41, 5.74) is -5.59. The van der Waals surface area contributed by atoms with Crippen molar-refractivity contribution in [2.75, 3.05) is 0 Å². The Labute approximate surface area is 309 Å². The first kappa shape index (κ1) is 40.1. The Hall–Kier alpha value is -2.56. The van der Waals surface area contributed by atoms with Gasteiger partial charge in [-0.05, 0) is 116 Å². The van der Waals surface area contributed by atoms with Crippen LogP contribution in [-0.4, -0.2) is 41.1 Å². The minimum absolute atomic E-state index is 0.0424.